The molecule has 0 fully saturated rings. The summed E-state index contributed by atoms with van der Waals surface area (Å²) in [6.07, 6.45) is -4.31. The normalized spacial score (nSPS) is 12.6. The Balaban J connectivity index is 2.98. The van der Waals surface area contributed by atoms with Crippen LogP contribution in [0.25, 0.3) is 0 Å². The lowest BCUT2D eigenvalue weighted by molar-refractivity contribution is -0.137. The lowest BCUT2D eigenvalue weighted by atomic mass is 10.2. The molecule has 0 aliphatic heterocycles. The average molecular weight is 276 g/mol. The molecule has 0 spiro atoms. The van der Waals surface area contributed by atoms with Gasteiger partial charge in [0.1, 0.15) is 5.75 Å². The summed E-state index contributed by atoms with van der Waals surface area (Å²) in [6, 6.07) is 7.92. The Morgan fingerprint density at radius 3 is 2.06 bits per heavy atom. The highest BCUT2D eigenvalue weighted by Crippen LogP contribution is 2.33. The van der Waals surface area contributed by atoms with Crippen LogP contribution in [-0.2, 0) is 6.18 Å². The van der Waals surface area contributed by atoms with Gasteiger partial charge >= 0.3 is 6.18 Å². The molecule has 0 saturated carbocycles. The molecule has 0 aliphatic carbocycles. The van der Waals surface area contributed by atoms with Crippen LogP contribution in [0.4, 0.5) is 13.2 Å². The van der Waals surface area contributed by atoms with E-state index in [4.69, 9.17) is 4.43 Å². The summed E-state index contributed by atoms with van der Waals surface area (Å²) in [5.74, 6) is 0.349. The lowest BCUT2D eigenvalue weighted by Gasteiger charge is -2.29. The van der Waals surface area contributed by atoms with Gasteiger partial charge in [-0.2, -0.15) is 13.2 Å². The van der Waals surface area contributed by atoms with Crippen molar-refractivity contribution in [3.8, 4) is 5.75 Å². The second-order valence-corrected chi connectivity index (χ2v) is 9.06. The van der Waals surface area contributed by atoms with Gasteiger partial charge in [0.05, 0.1) is 5.56 Å². The average Bonchev–Trinajstić information content (AvgIpc) is 2.35. The fourth-order valence-corrected chi connectivity index (χ4v) is 4.51. The number of hydrogen-bond acceptors (Lipinski definition) is 1. The molecule has 1 aromatic carbocycles. The second-order valence-electron chi connectivity index (χ2n) is 4.37. The Kier molecular flexibility index (Phi) is 4.84. The maximum atomic E-state index is 12.6. The third-order valence-electron chi connectivity index (χ3n) is 3.43. The highest BCUT2D eigenvalue weighted by Gasteiger charge is 2.33. The Bertz CT molecular complexity index is 378. The van der Waals surface area contributed by atoms with Crippen LogP contribution in [0.1, 0.15) is 26.3 Å². The van der Waals surface area contributed by atoms with Crippen molar-refractivity contribution in [3.63, 3.8) is 0 Å². The molecule has 0 aromatic heterocycles. The number of benzene rings is 1. The molecule has 0 unspecified atom stereocenters. The largest absolute Gasteiger partial charge is 0.543 e. The monoisotopic (exact) mass is 276 g/mol. The van der Waals surface area contributed by atoms with E-state index in [0.29, 0.717) is 5.75 Å². The van der Waals surface area contributed by atoms with Crippen LogP contribution < -0.4 is 4.43 Å². The first-order valence-corrected chi connectivity index (χ1v) is 8.76. The van der Waals surface area contributed by atoms with Crippen molar-refractivity contribution in [2.75, 3.05) is 0 Å². The fraction of sp³-hybridized carbons (Fsp3) is 0.538. The van der Waals surface area contributed by atoms with Crippen LogP contribution in [0.15, 0.2) is 24.3 Å². The van der Waals surface area contributed by atoms with Crippen molar-refractivity contribution >= 4 is 8.32 Å². The van der Waals surface area contributed by atoms with Gasteiger partial charge in [-0.05, 0) is 36.3 Å². The molecule has 1 nitrogen and oxygen atoms in total. The SMILES string of the molecule is CC[Si](CC)(CC)Oc1cccc(C(F)(F)F)c1. The highest BCUT2D eigenvalue weighted by molar-refractivity contribution is 6.74. The Labute approximate surface area is 107 Å². The maximum Gasteiger partial charge on any atom is 0.416 e. The molecule has 0 N–H and O–H groups in total. The number of halogens is 3. The highest BCUT2D eigenvalue weighted by atomic mass is 28.4. The number of hydrogen-bond donors (Lipinski definition) is 0. The van der Waals surface area contributed by atoms with Crippen LogP contribution in [0.5, 0.6) is 5.75 Å². The predicted octanol–water partition coefficient (Wildman–Crippen LogP) is 5.09. The maximum absolute atomic E-state index is 12.6. The lowest BCUT2D eigenvalue weighted by Crippen LogP contribution is -2.39. The summed E-state index contributed by atoms with van der Waals surface area (Å²) < 4.78 is 43.7. The zero-order valence-electron chi connectivity index (χ0n) is 11.0. The van der Waals surface area contributed by atoms with Crippen LogP contribution in [0, 0.1) is 0 Å². The molecule has 0 aliphatic rings. The van der Waals surface area contributed by atoms with Crippen molar-refractivity contribution in [1.29, 1.82) is 0 Å². The molecule has 1 aromatic rings. The minimum absolute atomic E-state index is 0.349. The molecule has 1 rings (SSSR count). The molecular formula is C13H19F3OSi. The van der Waals surface area contributed by atoms with E-state index >= 15 is 0 Å². The van der Waals surface area contributed by atoms with Gasteiger partial charge in [0.2, 0.25) is 8.32 Å². The van der Waals surface area contributed by atoms with Gasteiger partial charge in [-0.25, -0.2) is 0 Å². The van der Waals surface area contributed by atoms with Crippen LogP contribution in [0.3, 0.4) is 0 Å². The van der Waals surface area contributed by atoms with E-state index in [1.54, 1.807) is 6.07 Å². The van der Waals surface area contributed by atoms with Crippen LogP contribution >= 0.6 is 0 Å². The van der Waals surface area contributed by atoms with E-state index in [9.17, 15) is 13.2 Å². The van der Waals surface area contributed by atoms with Crippen molar-refractivity contribution < 1.29 is 17.6 Å². The van der Waals surface area contributed by atoms with Gasteiger partial charge in [0.15, 0.2) is 0 Å². The molecular weight excluding hydrogens is 257 g/mol. The van der Waals surface area contributed by atoms with Gasteiger partial charge in [-0.1, -0.05) is 26.8 Å². The predicted molar refractivity (Wildman–Crippen MR) is 69.3 cm³/mol. The van der Waals surface area contributed by atoms with Crippen LogP contribution in [0.2, 0.25) is 18.1 Å². The summed E-state index contributed by atoms with van der Waals surface area (Å²) in [5.41, 5.74) is -0.647. The minimum Gasteiger partial charge on any atom is -0.543 e. The summed E-state index contributed by atoms with van der Waals surface area (Å²) in [7, 11) is -1.91. The molecule has 0 bridgehead atoms. The molecule has 0 radical (unpaired) electrons. The van der Waals surface area contributed by atoms with E-state index in [-0.39, 0.29) is 0 Å². The molecule has 102 valence electrons. The molecule has 5 heteroatoms. The Morgan fingerprint density at radius 2 is 1.61 bits per heavy atom. The third-order valence-corrected chi connectivity index (χ3v) is 7.96. The third kappa shape index (κ3) is 3.51. The Hall–Kier alpha value is -0.973. The quantitative estimate of drug-likeness (QED) is 0.681. The van der Waals surface area contributed by atoms with Gasteiger partial charge in [0, 0.05) is 0 Å². The molecule has 0 atom stereocenters. The summed E-state index contributed by atoms with van der Waals surface area (Å²) in [6.45, 7) is 6.15. The van der Waals surface area contributed by atoms with E-state index in [1.807, 2.05) is 20.8 Å². The molecule has 0 saturated heterocycles. The Morgan fingerprint density at radius 1 is 1.06 bits per heavy atom. The summed E-state index contributed by atoms with van der Waals surface area (Å²) >= 11 is 0. The summed E-state index contributed by atoms with van der Waals surface area (Å²) in [5, 5.41) is 0. The van der Waals surface area contributed by atoms with Gasteiger partial charge in [-0.3, -0.25) is 0 Å². The van der Waals surface area contributed by atoms with Crippen molar-refractivity contribution in [2.45, 2.75) is 45.1 Å². The zero-order chi connectivity index (χ0) is 13.8. The van der Waals surface area contributed by atoms with Gasteiger partial charge < -0.3 is 4.43 Å². The number of alkyl halides is 3. The van der Waals surface area contributed by atoms with Crippen LogP contribution in [-0.4, -0.2) is 8.32 Å². The van der Waals surface area contributed by atoms with E-state index in [0.717, 1.165) is 30.3 Å². The van der Waals surface area contributed by atoms with E-state index < -0.39 is 20.1 Å². The summed E-state index contributed by atoms with van der Waals surface area (Å²) in [4.78, 5) is 0. The van der Waals surface area contributed by atoms with E-state index in [1.165, 1.54) is 6.07 Å². The van der Waals surface area contributed by atoms with Gasteiger partial charge in [0.25, 0.3) is 0 Å². The molecule has 0 heterocycles. The topological polar surface area (TPSA) is 9.23 Å². The minimum atomic E-state index is -4.31. The first-order chi connectivity index (χ1) is 8.37. The molecule has 18 heavy (non-hydrogen) atoms. The van der Waals surface area contributed by atoms with Crippen molar-refractivity contribution in [3.05, 3.63) is 29.8 Å². The van der Waals surface area contributed by atoms with Crippen molar-refractivity contribution in [1.82, 2.24) is 0 Å². The smallest absolute Gasteiger partial charge is 0.416 e. The second kappa shape index (κ2) is 5.78. The standard InChI is InChI=1S/C13H19F3OSi/c1-4-18(5-2,6-3)17-12-9-7-8-11(10-12)13(14,15)16/h7-10H,4-6H2,1-3H3. The first-order valence-electron chi connectivity index (χ1n) is 6.23. The first kappa shape index (κ1) is 15.1. The van der Waals surface area contributed by atoms with Crippen molar-refractivity contribution in [2.24, 2.45) is 0 Å². The van der Waals surface area contributed by atoms with E-state index in [2.05, 4.69) is 0 Å². The van der Waals surface area contributed by atoms with Gasteiger partial charge in [-0.15, -0.1) is 0 Å². The zero-order valence-corrected chi connectivity index (χ0v) is 12.0. The fourth-order valence-electron chi connectivity index (χ4n) is 1.95. The molecule has 0 amide bonds. The number of rotatable bonds is 5.